The van der Waals surface area contributed by atoms with Gasteiger partial charge in [0, 0.05) is 30.5 Å². The van der Waals surface area contributed by atoms with E-state index in [1.165, 1.54) is 6.07 Å². The fourth-order valence-corrected chi connectivity index (χ4v) is 2.91. The van der Waals surface area contributed by atoms with Crippen molar-refractivity contribution >= 4 is 5.91 Å². The normalized spacial score (nSPS) is 13.7. The van der Waals surface area contributed by atoms with Crippen LogP contribution in [-0.2, 0) is 11.2 Å². The monoisotopic (exact) mass is 362 g/mol. The van der Waals surface area contributed by atoms with Crippen LogP contribution in [0.1, 0.15) is 45.1 Å². The van der Waals surface area contributed by atoms with Gasteiger partial charge in [0.25, 0.3) is 0 Å². The number of hydrogen-bond donors (Lipinski definition) is 2. The zero-order valence-corrected chi connectivity index (χ0v) is 15.8. The summed E-state index contributed by atoms with van der Waals surface area (Å²) in [6.45, 7) is 8.19. The van der Waals surface area contributed by atoms with E-state index in [2.05, 4.69) is 29.3 Å². The maximum Gasteiger partial charge on any atom is 0.227 e. The molecule has 1 amide bonds. The number of aryl methyl sites for hydroxylation is 2. The van der Waals surface area contributed by atoms with E-state index >= 15 is 0 Å². The Balaban J connectivity index is 1.95. The first-order valence-electron chi connectivity index (χ1n) is 8.82. The average Bonchev–Trinajstić information content (AvgIpc) is 3.03. The lowest BCUT2D eigenvalue weighted by Gasteiger charge is -2.31. The van der Waals surface area contributed by atoms with Crippen molar-refractivity contribution in [1.82, 2.24) is 15.5 Å². The third-order valence-electron chi connectivity index (χ3n) is 4.21. The summed E-state index contributed by atoms with van der Waals surface area (Å²) in [6, 6.07) is 4.77. The number of nitrogens with one attached hydrogen (secondary N) is 1. The van der Waals surface area contributed by atoms with Crippen molar-refractivity contribution in [1.29, 1.82) is 0 Å². The first kappa shape index (κ1) is 20.0. The molecule has 0 radical (unpaired) electrons. The minimum atomic E-state index is -0.426. The second kappa shape index (κ2) is 8.40. The van der Waals surface area contributed by atoms with Gasteiger partial charge in [0.05, 0.1) is 0 Å². The molecule has 0 aliphatic heterocycles. The zero-order chi connectivity index (χ0) is 19.3. The van der Waals surface area contributed by atoms with Crippen LogP contribution in [0.5, 0.6) is 0 Å². The number of halogens is 1. The minimum Gasteiger partial charge on any atom is -0.350 e. The lowest BCUT2D eigenvalue weighted by Crippen LogP contribution is -2.52. The van der Waals surface area contributed by atoms with Gasteiger partial charge in [-0.1, -0.05) is 31.1 Å². The Bertz CT molecular complexity index is 760. The van der Waals surface area contributed by atoms with Crippen molar-refractivity contribution in [3.8, 4) is 11.4 Å². The van der Waals surface area contributed by atoms with E-state index in [4.69, 9.17) is 10.3 Å². The van der Waals surface area contributed by atoms with E-state index in [0.29, 0.717) is 41.7 Å². The topological polar surface area (TPSA) is 94.0 Å². The van der Waals surface area contributed by atoms with E-state index in [9.17, 15) is 9.18 Å². The molecule has 1 aromatic heterocycles. The fourth-order valence-electron chi connectivity index (χ4n) is 2.91. The number of carbonyl (C=O) groups excluding carboxylic acids is 1. The van der Waals surface area contributed by atoms with Crippen molar-refractivity contribution in [3.05, 3.63) is 35.5 Å². The van der Waals surface area contributed by atoms with Gasteiger partial charge in [-0.15, -0.1) is 0 Å². The Labute approximate surface area is 153 Å². The SMILES string of the molecule is Cc1ccc(-c2noc(CCC(=O)NC(C)(CN)CC(C)C)n2)cc1F. The van der Waals surface area contributed by atoms with Crippen LogP contribution in [0.3, 0.4) is 0 Å². The smallest absolute Gasteiger partial charge is 0.227 e. The maximum atomic E-state index is 13.7. The fraction of sp³-hybridized carbons (Fsp3) is 0.526. The van der Waals surface area contributed by atoms with E-state index < -0.39 is 5.54 Å². The molecule has 2 rings (SSSR count). The summed E-state index contributed by atoms with van der Waals surface area (Å²) < 4.78 is 18.8. The summed E-state index contributed by atoms with van der Waals surface area (Å²) in [7, 11) is 0. The van der Waals surface area contributed by atoms with Crippen molar-refractivity contribution in [2.75, 3.05) is 6.54 Å². The third-order valence-corrected chi connectivity index (χ3v) is 4.21. The Morgan fingerprint density at radius 1 is 1.42 bits per heavy atom. The molecule has 142 valence electrons. The maximum absolute atomic E-state index is 13.7. The molecule has 6 nitrogen and oxygen atoms in total. The number of hydrogen-bond acceptors (Lipinski definition) is 5. The van der Waals surface area contributed by atoms with Gasteiger partial charge in [-0.25, -0.2) is 4.39 Å². The molecular formula is C19H27FN4O2. The molecule has 0 bridgehead atoms. The average molecular weight is 362 g/mol. The summed E-state index contributed by atoms with van der Waals surface area (Å²) in [5.41, 5.74) is 6.49. The van der Waals surface area contributed by atoms with Gasteiger partial charge in [-0.3, -0.25) is 4.79 Å². The van der Waals surface area contributed by atoms with Crippen LogP contribution in [0.4, 0.5) is 4.39 Å². The van der Waals surface area contributed by atoms with Crippen molar-refractivity contribution in [3.63, 3.8) is 0 Å². The molecule has 0 fully saturated rings. The molecule has 1 atom stereocenters. The molecule has 0 saturated heterocycles. The molecule has 3 N–H and O–H groups in total. The largest absolute Gasteiger partial charge is 0.350 e. The van der Waals surface area contributed by atoms with Crippen molar-refractivity contribution in [2.24, 2.45) is 11.7 Å². The first-order valence-corrected chi connectivity index (χ1v) is 8.82. The quantitative estimate of drug-likeness (QED) is 0.753. The Hall–Kier alpha value is -2.28. The number of benzene rings is 1. The summed E-state index contributed by atoms with van der Waals surface area (Å²) >= 11 is 0. The van der Waals surface area contributed by atoms with Gasteiger partial charge in [-0.2, -0.15) is 4.98 Å². The van der Waals surface area contributed by atoms with Crippen LogP contribution >= 0.6 is 0 Å². The van der Waals surface area contributed by atoms with Crippen molar-refractivity contribution in [2.45, 2.75) is 52.5 Å². The van der Waals surface area contributed by atoms with Gasteiger partial charge in [0.15, 0.2) is 0 Å². The number of rotatable bonds is 8. The van der Waals surface area contributed by atoms with Crippen LogP contribution in [0.15, 0.2) is 22.7 Å². The van der Waals surface area contributed by atoms with Gasteiger partial charge < -0.3 is 15.6 Å². The highest BCUT2D eigenvalue weighted by molar-refractivity contribution is 5.77. The Morgan fingerprint density at radius 2 is 2.15 bits per heavy atom. The Morgan fingerprint density at radius 3 is 2.77 bits per heavy atom. The molecule has 0 aliphatic rings. The number of nitrogens with zero attached hydrogens (tertiary/aromatic N) is 2. The van der Waals surface area contributed by atoms with Crippen LogP contribution in [0.25, 0.3) is 11.4 Å². The summed E-state index contributed by atoms with van der Waals surface area (Å²) in [5.74, 6) is 0.650. The number of nitrogens with two attached hydrogens (primary N) is 1. The predicted molar refractivity (Wildman–Crippen MR) is 97.8 cm³/mol. The summed E-state index contributed by atoms with van der Waals surface area (Å²) in [5, 5.41) is 6.85. The lowest BCUT2D eigenvalue weighted by atomic mass is 9.90. The van der Waals surface area contributed by atoms with Crippen LogP contribution in [0, 0.1) is 18.7 Å². The molecule has 7 heteroatoms. The Kier molecular flexibility index (Phi) is 6.47. The molecular weight excluding hydrogens is 335 g/mol. The molecule has 0 saturated carbocycles. The third kappa shape index (κ3) is 5.36. The van der Waals surface area contributed by atoms with Gasteiger partial charge in [0.2, 0.25) is 17.6 Å². The second-order valence-electron chi connectivity index (χ2n) is 7.39. The number of aromatic nitrogens is 2. The second-order valence-corrected chi connectivity index (χ2v) is 7.39. The highest BCUT2D eigenvalue weighted by Crippen LogP contribution is 2.20. The van der Waals surface area contributed by atoms with Crippen LogP contribution in [-0.4, -0.2) is 28.1 Å². The molecule has 1 unspecified atom stereocenters. The molecule has 1 heterocycles. The highest BCUT2D eigenvalue weighted by Gasteiger charge is 2.25. The van der Waals surface area contributed by atoms with Crippen LogP contribution in [0.2, 0.25) is 0 Å². The molecule has 0 spiro atoms. The number of carbonyl (C=O) groups is 1. The highest BCUT2D eigenvalue weighted by atomic mass is 19.1. The van der Waals surface area contributed by atoms with Crippen molar-refractivity contribution < 1.29 is 13.7 Å². The van der Waals surface area contributed by atoms with Crippen LogP contribution < -0.4 is 11.1 Å². The summed E-state index contributed by atoms with van der Waals surface area (Å²) in [4.78, 5) is 16.5. The van der Waals surface area contributed by atoms with Gasteiger partial charge in [0.1, 0.15) is 5.82 Å². The molecule has 0 aliphatic carbocycles. The van der Waals surface area contributed by atoms with E-state index in [1.807, 2.05) is 6.92 Å². The standard InChI is InChI=1S/C19H27FN4O2/c1-12(2)10-19(4,11-21)23-16(25)7-8-17-22-18(24-26-17)14-6-5-13(3)15(20)9-14/h5-6,9,12H,7-8,10-11,21H2,1-4H3,(H,23,25). The molecule has 1 aromatic carbocycles. The first-order chi connectivity index (χ1) is 12.2. The predicted octanol–water partition coefficient (Wildman–Crippen LogP) is 3.00. The molecule has 26 heavy (non-hydrogen) atoms. The van der Waals surface area contributed by atoms with Gasteiger partial charge >= 0.3 is 0 Å². The lowest BCUT2D eigenvalue weighted by molar-refractivity contribution is -0.123. The number of amides is 1. The zero-order valence-electron chi connectivity index (χ0n) is 15.8. The van der Waals surface area contributed by atoms with Gasteiger partial charge in [-0.05, 0) is 37.8 Å². The molecule has 2 aromatic rings. The van der Waals surface area contributed by atoms with E-state index in [0.717, 1.165) is 6.42 Å². The summed E-state index contributed by atoms with van der Waals surface area (Å²) in [6.07, 6.45) is 1.34. The minimum absolute atomic E-state index is 0.111. The van der Waals surface area contributed by atoms with E-state index in [-0.39, 0.29) is 18.1 Å². The van der Waals surface area contributed by atoms with E-state index in [1.54, 1.807) is 19.1 Å².